The molecule has 1 aliphatic rings. The van der Waals surface area contributed by atoms with Crippen molar-refractivity contribution in [2.75, 3.05) is 23.3 Å². The van der Waals surface area contributed by atoms with Crippen molar-refractivity contribution in [1.29, 1.82) is 0 Å². The van der Waals surface area contributed by atoms with Crippen molar-refractivity contribution in [3.8, 4) is 0 Å². The Hall–Kier alpha value is -2.10. The lowest BCUT2D eigenvalue weighted by atomic mass is 9.87. The first-order valence-corrected chi connectivity index (χ1v) is 8.87. The summed E-state index contributed by atoms with van der Waals surface area (Å²) in [7, 11) is 0. The molecule has 24 heavy (non-hydrogen) atoms. The molecular weight excluding hydrogens is 296 g/mol. The molecular formula is C20H28N4. The van der Waals surface area contributed by atoms with Crippen LogP contribution < -0.4 is 10.2 Å². The van der Waals surface area contributed by atoms with Crippen LogP contribution in [0.4, 0.5) is 17.5 Å². The van der Waals surface area contributed by atoms with Gasteiger partial charge in [-0.1, -0.05) is 39.8 Å². The molecule has 1 aromatic carbocycles. The molecule has 1 aromatic heterocycles. The van der Waals surface area contributed by atoms with E-state index in [1.807, 2.05) is 12.3 Å². The van der Waals surface area contributed by atoms with Crippen molar-refractivity contribution in [2.45, 2.75) is 46.0 Å². The molecule has 1 atom stereocenters. The SMILES string of the molecule is CC1CCCN(c2ccnc(Nc3ccc(C(C)(C)C)cc3)n2)C1. The maximum atomic E-state index is 4.70. The number of piperidine rings is 1. The van der Waals surface area contributed by atoms with Crippen LogP contribution in [0.5, 0.6) is 0 Å². The van der Waals surface area contributed by atoms with Gasteiger partial charge in [0.15, 0.2) is 0 Å². The Balaban J connectivity index is 1.72. The van der Waals surface area contributed by atoms with Crippen molar-refractivity contribution >= 4 is 17.5 Å². The average Bonchev–Trinajstić information content (AvgIpc) is 2.55. The average molecular weight is 324 g/mol. The highest BCUT2D eigenvalue weighted by Gasteiger charge is 2.18. The van der Waals surface area contributed by atoms with Gasteiger partial charge in [0.05, 0.1) is 0 Å². The molecule has 0 aliphatic carbocycles. The van der Waals surface area contributed by atoms with Crippen LogP contribution in [0, 0.1) is 5.92 Å². The molecule has 1 unspecified atom stereocenters. The second-order valence-corrected chi connectivity index (χ2v) is 7.88. The molecule has 1 N–H and O–H groups in total. The van der Waals surface area contributed by atoms with Gasteiger partial charge < -0.3 is 10.2 Å². The molecule has 2 heterocycles. The Morgan fingerprint density at radius 2 is 1.88 bits per heavy atom. The Bertz CT molecular complexity index is 673. The van der Waals surface area contributed by atoms with Gasteiger partial charge in [-0.15, -0.1) is 0 Å². The van der Waals surface area contributed by atoms with Gasteiger partial charge in [-0.25, -0.2) is 4.98 Å². The van der Waals surface area contributed by atoms with Crippen LogP contribution in [0.25, 0.3) is 0 Å². The summed E-state index contributed by atoms with van der Waals surface area (Å²) in [6.07, 6.45) is 4.39. The smallest absolute Gasteiger partial charge is 0.229 e. The van der Waals surface area contributed by atoms with Crippen LogP contribution in [0.1, 0.15) is 46.1 Å². The first-order chi connectivity index (χ1) is 11.4. The van der Waals surface area contributed by atoms with E-state index < -0.39 is 0 Å². The summed E-state index contributed by atoms with van der Waals surface area (Å²) in [5, 5.41) is 3.32. The highest BCUT2D eigenvalue weighted by atomic mass is 15.2. The lowest BCUT2D eigenvalue weighted by Crippen LogP contribution is -2.34. The number of benzene rings is 1. The molecule has 0 amide bonds. The normalized spacial score (nSPS) is 18.5. The van der Waals surface area contributed by atoms with Gasteiger partial charge in [-0.2, -0.15) is 4.98 Å². The lowest BCUT2D eigenvalue weighted by molar-refractivity contribution is 0.444. The van der Waals surface area contributed by atoms with Crippen molar-refractivity contribution in [3.63, 3.8) is 0 Å². The summed E-state index contributed by atoms with van der Waals surface area (Å²) < 4.78 is 0. The van der Waals surface area contributed by atoms with Crippen molar-refractivity contribution in [3.05, 3.63) is 42.1 Å². The molecule has 3 rings (SSSR count). The third-order valence-corrected chi connectivity index (χ3v) is 4.63. The fourth-order valence-corrected chi connectivity index (χ4v) is 3.17. The maximum absolute atomic E-state index is 4.70. The number of rotatable bonds is 3. The van der Waals surface area contributed by atoms with Gasteiger partial charge in [0.25, 0.3) is 0 Å². The van der Waals surface area contributed by atoms with Gasteiger partial charge in [0.2, 0.25) is 5.95 Å². The third kappa shape index (κ3) is 4.05. The number of nitrogens with zero attached hydrogens (tertiary/aromatic N) is 3. The summed E-state index contributed by atoms with van der Waals surface area (Å²) in [4.78, 5) is 11.4. The first-order valence-electron chi connectivity index (χ1n) is 8.87. The molecule has 128 valence electrons. The topological polar surface area (TPSA) is 41.1 Å². The number of anilines is 3. The molecule has 0 radical (unpaired) electrons. The van der Waals surface area contributed by atoms with Gasteiger partial charge in [0, 0.05) is 25.0 Å². The molecule has 4 nitrogen and oxygen atoms in total. The van der Waals surface area contributed by atoms with E-state index in [1.54, 1.807) is 0 Å². The zero-order valence-corrected chi connectivity index (χ0v) is 15.2. The Kier molecular flexibility index (Phi) is 4.74. The van der Waals surface area contributed by atoms with Gasteiger partial charge in [0.1, 0.15) is 5.82 Å². The van der Waals surface area contributed by atoms with E-state index in [4.69, 9.17) is 4.98 Å². The monoisotopic (exact) mass is 324 g/mol. The summed E-state index contributed by atoms with van der Waals surface area (Å²) in [5.74, 6) is 2.41. The van der Waals surface area contributed by atoms with Gasteiger partial charge in [-0.3, -0.25) is 0 Å². The van der Waals surface area contributed by atoms with Crippen molar-refractivity contribution < 1.29 is 0 Å². The predicted octanol–water partition coefficient (Wildman–Crippen LogP) is 4.75. The van der Waals surface area contributed by atoms with Crippen LogP contribution in [-0.2, 0) is 5.41 Å². The third-order valence-electron chi connectivity index (χ3n) is 4.63. The van der Waals surface area contributed by atoms with E-state index in [9.17, 15) is 0 Å². The standard InChI is InChI=1S/C20H28N4/c1-15-6-5-13-24(14-15)18-11-12-21-19(23-18)22-17-9-7-16(8-10-17)20(2,3)4/h7-12,15H,5-6,13-14H2,1-4H3,(H,21,22,23). The first kappa shape index (κ1) is 16.7. The molecule has 0 spiro atoms. The quantitative estimate of drug-likeness (QED) is 0.884. The Morgan fingerprint density at radius 3 is 2.54 bits per heavy atom. The molecule has 1 fully saturated rings. The molecule has 4 heteroatoms. The minimum Gasteiger partial charge on any atom is -0.356 e. The van der Waals surface area contributed by atoms with E-state index in [2.05, 4.69) is 67.2 Å². The number of hydrogen-bond donors (Lipinski definition) is 1. The fraction of sp³-hybridized carbons (Fsp3) is 0.500. The highest BCUT2D eigenvalue weighted by molar-refractivity contribution is 5.56. The summed E-state index contributed by atoms with van der Waals surface area (Å²) in [5.41, 5.74) is 2.51. The summed E-state index contributed by atoms with van der Waals surface area (Å²) in [6.45, 7) is 11.1. The van der Waals surface area contributed by atoms with Crippen molar-refractivity contribution in [2.24, 2.45) is 5.92 Å². The van der Waals surface area contributed by atoms with Gasteiger partial charge >= 0.3 is 0 Å². The highest BCUT2D eigenvalue weighted by Crippen LogP contribution is 2.25. The van der Waals surface area contributed by atoms with E-state index >= 15 is 0 Å². The lowest BCUT2D eigenvalue weighted by Gasteiger charge is -2.31. The van der Waals surface area contributed by atoms with E-state index in [1.165, 1.54) is 18.4 Å². The second-order valence-electron chi connectivity index (χ2n) is 7.88. The molecule has 2 aromatic rings. The van der Waals surface area contributed by atoms with Crippen molar-refractivity contribution in [1.82, 2.24) is 9.97 Å². The second kappa shape index (κ2) is 6.80. The maximum Gasteiger partial charge on any atom is 0.229 e. The van der Waals surface area contributed by atoms with Crippen LogP contribution in [0.2, 0.25) is 0 Å². The zero-order chi connectivity index (χ0) is 17.2. The number of nitrogens with one attached hydrogen (secondary N) is 1. The minimum absolute atomic E-state index is 0.167. The van der Waals surface area contributed by atoms with Crippen LogP contribution >= 0.6 is 0 Å². The van der Waals surface area contributed by atoms with E-state index in [0.717, 1.165) is 30.5 Å². The van der Waals surface area contributed by atoms with Crippen LogP contribution in [0.3, 0.4) is 0 Å². The van der Waals surface area contributed by atoms with E-state index in [-0.39, 0.29) is 5.41 Å². The zero-order valence-electron chi connectivity index (χ0n) is 15.2. The predicted molar refractivity (Wildman–Crippen MR) is 101 cm³/mol. The minimum atomic E-state index is 0.167. The fourth-order valence-electron chi connectivity index (χ4n) is 3.17. The number of hydrogen-bond acceptors (Lipinski definition) is 4. The molecule has 1 aliphatic heterocycles. The molecule has 1 saturated heterocycles. The Labute approximate surface area is 145 Å². The van der Waals surface area contributed by atoms with E-state index in [0.29, 0.717) is 5.95 Å². The molecule has 0 bridgehead atoms. The van der Waals surface area contributed by atoms with Gasteiger partial charge in [-0.05, 0) is 47.9 Å². The Morgan fingerprint density at radius 1 is 1.12 bits per heavy atom. The largest absolute Gasteiger partial charge is 0.356 e. The molecule has 0 saturated carbocycles. The number of aromatic nitrogens is 2. The summed E-state index contributed by atoms with van der Waals surface area (Å²) in [6, 6.07) is 10.5. The summed E-state index contributed by atoms with van der Waals surface area (Å²) >= 11 is 0. The van der Waals surface area contributed by atoms with Crippen LogP contribution in [-0.4, -0.2) is 23.1 Å². The van der Waals surface area contributed by atoms with Crippen LogP contribution in [0.15, 0.2) is 36.5 Å².